The number of nitrogens with zero attached hydrogens (tertiary/aromatic N) is 2. The van der Waals surface area contributed by atoms with Gasteiger partial charge in [-0.1, -0.05) is 0 Å². The molecule has 0 fully saturated rings. The maximum absolute atomic E-state index is 10.6. The van der Waals surface area contributed by atoms with E-state index >= 15 is 0 Å². The SMILES string of the molecule is O=C(O)c1ccc([N+](=O)[O-])cc1O[N+](=O)[O-]. The molecule has 0 spiro atoms. The third-order valence-electron chi connectivity index (χ3n) is 1.58. The molecule has 0 unspecified atom stereocenters. The molecule has 0 aromatic heterocycles. The van der Waals surface area contributed by atoms with Gasteiger partial charge in [-0.3, -0.25) is 15.0 Å². The fourth-order valence-corrected chi connectivity index (χ4v) is 0.957. The van der Waals surface area contributed by atoms with Crippen molar-refractivity contribution in [2.24, 2.45) is 0 Å². The summed E-state index contributed by atoms with van der Waals surface area (Å²) in [6, 6.07) is 2.45. The van der Waals surface area contributed by atoms with Gasteiger partial charge in [-0.05, 0) is 6.07 Å². The Bertz CT molecular complexity index is 470. The third-order valence-corrected chi connectivity index (χ3v) is 1.58. The van der Waals surface area contributed by atoms with Crippen molar-refractivity contribution in [3.63, 3.8) is 0 Å². The van der Waals surface area contributed by atoms with Crippen LogP contribution in [0.15, 0.2) is 18.2 Å². The number of hydrogen-bond donors (Lipinski definition) is 1. The van der Waals surface area contributed by atoms with Crippen molar-refractivity contribution in [1.82, 2.24) is 0 Å². The highest BCUT2D eigenvalue weighted by molar-refractivity contribution is 5.91. The van der Waals surface area contributed by atoms with Crippen LogP contribution < -0.4 is 4.84 Å². The Kier molecular flexibility index (Phi) is 2.99. The molecule has 84 valence electrons. The maximum atomic E-state index is 10.6. The lowest BCUT2D eigenvalue weighted by Gasteiger charge is -2.02. The largest absolute Gasteiger partial charge is 0.478 e. The Morgan fingerprint density at radius 3 is 2.38 bits per heavy atom. The second-order valence-corrected chi connectivity index (χ2v) is 2.56. The van der Waals surface area contributed by atoms with Crippen LogP contribution in [0, 0.1) is 20.2 Å². The lowest BCUT2D eigenvalue weighted by atomic mass is 10.2. The topological polar surface area (TPSA) is 133 Å². The highest BCUT2D eigenvalue weighted by atomic mass is 17.0. The number of carbonyl (C=O) groups is 1. The molecule has 0 atom stereocenters. The van der Waals surface area contributed by atoms with Crippen LogP contribution in [0.2, 0.25) is 0 Å². The normalized spacial score (nSPS) is 9.50. The zero-order valence-electron chi connectivity index (χ0n) is 7.52. The summed E-state index contributed by atoms with van der Waals surface area (Å²) in [5, 5.41) is 27.8. The summed E-state index contributed by atoms with van der Waals surface area (Å²) >= 11 is 0. The van der Waals surface area contributed by atoms with Crippen molar-refractivity contribution >= 4 is 11.7 Å². The van der Waals surface area contributed by atoms with Crippen LogP contribution >= 0.6 is 0 Å². The van der Waals surface area contributed by atoms with Gasteiger partial charge in [0.15, 0.2) is 0 Å². The molecule has 1 rings (SSSR count). The fourth-order valence-electron chi connectivity index (χ4n) is 0.957. The van der Waals surface area contributed by atoms with E-state index in [2.05, 4.69) is 4.84 Å². The summed E-state index contributed by atoms with van der Waals surface area (Å²) in [7, 11) is 0. The predicted molar refractivity (Wildman–Crippen MR) is 47.7 cm³/mol. The number of rotatable bonds is 4. The average molecular weight is 228 g/mol. The molecule has 0 aliphatic rings. The minimum Gasteiger partial charge on any atom is -0.478 e. The number of nitro benzene ring substituents is 1. The van der Waals surface area contributed by atoms with Crippen LogP contribution in [-0.4, -0.2) is 21.1 Å². The van der Waals surface area contributed by atoms with E-state index in [-0.39, 0.29) is 0 Å². The Morgan fingerprint density at radius 2 is 1.94 bits per heavy atom. The van der Waals surface area contributed by atoms with Gasteiger partial charge in [0.2, 0.25) is 0 Å². The van der Waals surface area contributed by atoms with Crippen LogP contribution in [0.1, 0.15) is 10.4 Å². The molecular weight excluding hydrogens is 224 g/mol. The highest BCUT2D eigenvalue weighted by Crippen LogP contribution is 2.24. The smallest absolute Gasteiger partial charge is 0.337 e. The van der Waals surface area contributed by atoms with Crippen molar-refractivity contribution in [2.45, 2.75) is 0 Å². The number of non-ortho nitro benzene ring substituents is 1. The molecule has 0 aliphatic carbocycles. The number of aromatic carboxylic acids is 1. The first kappa shape index (κ1) is 11.4. The minimum atomic E-state index is -1.48. The second-order valence-electron chi connectivity index (χ2n) is 2.56. The monoisotopic (exact) mass is 228 g/mol. The fraction of sp³-hybridized carbons (Fsp3) is 0. The van der Waals surface area contributed by atoms with Gasteiger partial charge in [0, 0.05) is 12.1 Å². The predicted octanol–water partition coefficient (Wildman–Crippen LogP) is 0.863. The molecule has 9 heteroatoms. The summed E-state index contributed by atoms with van der Waals surface area (Å²) in [5.41, 5.74) is -1.02. The zero-order valence-corrected chi connectivity index (χ0v) is 7.52. The summed E-state index contributed by atoms with van der Waals surface area (Å²) in [6.45, 7) is 0. The van der Waals surface area contributed by atoms with E-state index in [4.69, 9.17) is 5.11 Å². The van der Waals surface area contributed by atoms with Crippen molar-refractivity contribution in [3.8, 4) is 5.75 Å². The van der Waals surface area contributed by atoms with E-state index < -0.39 is 33.0 Å². The van der Waals surface area contributed by atoms with Crippen LogP contribution in [0.3, 0.4) is 0 Å². The van der Waals surface area contributed by atoms with Crippen LogP contribution in [0.5, 0.6) is 5.75 Å². The quantitative estimate of drug-likeness (QED) is 0.596. The summed E-state index contributed by atoms with van der Waals surface area (Å²) in [5.74, 6) is -2.17. The highest BCUT2D eigenvalue weighted by Gasteiger charge is 2.17. The van der Waals surface area contributed by atoms with Gasteiger partial charge in [0.1, 0.15) is 5.75 Å². The minimum absolute atomic E-state index is 0.498. The van der Waals surface area contributed by atoms with Crippen molar-refractivity contribution in [3.05, 3.63) is 44.0 Å². The van der Waals surface area contributed by atoms with E-state index in [0.29, 0.717) is 6.07 Å². The number of nitro groups is 1. The maximum Gasteiger partial charge on any atom is 0.337 e. The molecule has 0 bridgehead atoms. The number of carboxylic acids is 1. The summed E-state index contributed by atoms with van der Waals surface area (Å²) in [6.07, 6.45) is 0. The van der Waals surface area contributed by atoms with Gasteiger partial charge in [-0.25, -0.2) is 4.79 Å². The molecule has 0 saturated carbocycles. The molecule has 9 nitrogen and oxygen atoms in total. The molecule has 1 aromatic carbocycles. The molecule has 0 aliphatic heterocycles. The third kappa shape index (κ3) is 2.41. The molecule has 1 aromatic rings. The Balaban J connectivity index is 3.26. The van der Waals surface area contributed by atoms with Gasteiger partial charge in [0.05, 0.1) is 10.5 Å². The number of benzene rings is 1. The second kappa shape index (κ2) is 4.21. The molecular formula is C7H4N2O7. The van der Waals surface area contributed by atoms with E-state index in [9.17, 15) is 25.0 Å². The van der Waals surface area contributed by atoms with Gasteiger partial charge in [0.25, 0.3) is 10.8 Å². The van der Waals surface area contributed by atoms with E-state index in [1.54, 1.807) is 0 Å². The van der Waals surface area contributed by atoms with Gasteiger partial charge >= 0.3 is 5.97 Å². The number of carboxylic acid groups (broad SMARTS) is 1. The molecule has 0 radical (unpaired) electrons. The summed E-state index contributed by atoms with van der Waals surface area (Å²) < 4.78 is 0. The molecule has 1 N–H and O–H groups in total. The van der Waals surface area contributed by atoms with Crippen LogP contribution in [-0.2, 0) is 0 Å². The first-order valence-electron chi connectivity index (χ1n) is 3.76. The molecule has 0 saturated heterocycles. The molecule has 16 heavy (non-hydrogen) atoms. The summed E-state index contributed by atoms with van der Waals surface area (Å²) in [4.78, 5) is 34.1. The van der Waals surface area contributed by atoms with Crippen LogP contribution in [0.25, 0.3) is 0 Å². The molecule has 0 heterocycles. The average Bonchev–Trinajstić information content (AvgIpc) is 2.15. The van der Waals surface area contributed by atoms with Crippen molar-refractivity contribution in [2.75, 3.05) is 0 Å². The number of hydrogen-bond acceptors (Lipinski definition) is 6. The zero-order chi connectivity index (χ0) is 12.3. The van der Waals surface area contributed by atoms with E-state index in [1.165, 1.54) is 0 Å². The lowest BCUT2D eigenvalue weighted by molar-refractivity contribution is -0.711. The lowest BCUT2D eigenvalue weighted by Crippen LogP contribution is -2.09. The standard InChI is InChI=1S/C7H4N2O7/c10-7(11)5-2-1-4(8(12)13)3-6(5)16-9(14)15/h1-3H,(H,10,11). The van der Waals surface area contributed by atoms with Gasteiger partial charge in [-0.15, -0.1) is 10.1 Å². The molecule has 0 amide bonds. The van der Waals surface area contributed by atoms with Gasteiger partial charge < -0.3 is 5.11 Å². The Labute approximate surface area is 87.1 Å². The van der Waals surface area contributed by atoms with Crippen LogP contribution in [0.4, 0.5) is 5.69 Å². The first-order chi connectivity index (χ1) is 7.41. The van der Waals surface area contributed by atoms with Crippen molar-refractivity contribution < 1.29 is 24.7 Å². The van der Waals surface area contributed by atoms with E-state index in [0.717, 1.165) is 12.1 Å². The van der Waals surface area contributed by atoms with E-state index in [1.807, 2.05) is 0 Å². The Hall–Kier alpha value is -2.71. The first-order valence-corrected chi connectivity index (χ1v) is 3.76. The van der Waals surface area contributed by atoms with Crippen molar-refractivity contribution in [1.29, 1.82) is 0 Å². The Morgan fingerprint density at radius 1 is 1.31 bits per heavy atom. The van der Waals surface area contributed by atoms with Gasteiger partial charge in [-0.2, -0.15) is 0 Å².